The summed E-state index contributed by atoms with van der Waals surface area (Å²) in [5.74, 6) is -0.813. The molecule has 20 heavy (non-hydrogen) atoms. The van der Waals surface area contributed by atoms with E-state index in [1.807, 2.05) is 0 Å². The average Bonchev–Trinajstić information content (AvgIpc) is 2.24. The van der Waals surface area contributed by atoms with Gasteiger partial charge in [-0.1, -0.05) is 6.92 Å². The number of hydrogen-bond acceptors (Lipinski definition) is 3. The lowest BCUT2D eigenvalue weighted by molar-refractivity contribution is 0.0891. The van der Waals surface area contributed by atoms with E-state index in [0.717, 1.165) is 25.0 Å². The third-order valence-electron chi connectivity index (χ3n) is 3.52. The van der Waals surface area contributed by atoms with E-state index >= 15 is 0 Å². The summed E-state index contributed by atoms with van der Waals surface area (Å²) in [5.41, 5.74) is -0.113. The van der Waals surface area contributed by atoms with Crippen molar-refractivity contribution < 1.29 is 17.6 Å². The smallest absolute Gasteiger partial charge is 0.254 e. The third kappa shape index (κ3) is 2.99. The minimum Gasteiger partial charge on any atom is -0.349 e. The lowest BCUT2D eigenvalue weighted by Gasteiger charge is -2.33. The monoisotopic (exact) mass is 300 g/mol. The molecule has 0 bridgehead atoms. The predicted molar refractivity (Wildman–Crippen MR) is 72.2 cm³/mol. The molecule has 0 radical (unpaired) electrons. The van der Waals surface area contributed by atoms with Gasteiger partial charge < -0.3 is 5.32 Å². The first-order chi connectivity index (χ1) is 9.18. The maximum Gasteiger partial charge on any atom is 0.254 e. The number of hydrogen-bond donors (Lipinski definition) is 2. The Morgan fingerprint density at radius 3 is 2.50 bits per heavy atom. The van der Waals surface area contributed by atoms with Crippen molar-refractivity contribution >= 4 is 15.9 Å². The molecule has 1 aromatic rings. The van der Waals surface area contributed by atoms with Gasteiger partial charge in [-0.15, -0.1) is 0 Å². The highest BCUT2D eigenvalue weighted by molar-refractivity contribution is 7.89. The van der Waals surface area contributed by atoms with Gasteiger partial charge in [0.15, 0.2) is 0 Å². The zero-order valence-electron chi connectivity index (χ0n) is 11.3. The van der Waals surface area contributed by atoms with Gasteiger partial charge in [0.25, 0.3) is 5.91 Å². The fourth-order valence-electron chi connectivity index (χ4n) is 2.42. The van der Waals surface area contributed by atoms with Crippen LogP contribution in [0.3, 0.4) is 0 Å². The zero-order valence-corrected chi connectivity index (χ0v) is 12.1. The normalized spacial score (nSPS) is 22.2. The van der Waals surface area contributed by atoms with Gasteiger partial charge in [0, 0.05) is 6.04 Å². The quantitative estimate of drug-likeness (QED) is 0.882. The van der Waals surface area contributed by atoms with Crippen LogP contribution < -0.4 is 10.5 Å². The van der Waals surface area contributed by atoms with Crippen molar-refractivity contribution in [3.63, 3.8) is 0 Å². The van der Waals surface area contributed by atoms with E-state index in [1.165, 1.54) is 6.92 Å². The van der Waals surface area contributed by atoms with Gasteiger partial charge >= 0.3 is 0 Å². The van der Waals surface area contributed by atoms with Crippen LogP contribution in [0.2, 0.25) is 0 Å². The molecule has 1 aliphatic rings. The molecule has 5 nitrogen and oxygen atoms in total. The van der Waals surface area contributed by atoms with Crippen LogP contribution in [0.15, 0.2) is 17.0 Å². The number of amides is 1. The van der Waals surface area contributed by atoms with Gasteiger partial charge in [0.1, 0.15) is 5.82 Å². The van der Waals surface area contributed by atoms with Crippen molar-refractivity contribution in [3.8, 4) is 0 Å². The zero-order chi connectivity index (χ0) is 15.1. The van der Waals surface area contributed by atoms with Crippen LogP contribution in [0.4, 0.5) is 4.39 Å². The molecule has 1 saturated carbocycles. The van der Waals surface area contributed by atoms with Crippen LogP contribution in [-0.2, 0) is 10.0 Å². The van der Waals surface area contributed by atoms with Gasteiger partial charge in [0.05, 0.1) is 10.5 Å². The summed E-state index contributed by atoms with van der Waals surface area (Å²) in [6, 6.07) is 2.03. The van der Waals surface area contributed by atoms with Gasteiger partial charge in [0.2, 0.25) is 10.0 Å². The second-order valence-corrected chi connectivity index (χ2v) is 6.92. The number of nitrogens with two attached hydrogens (primary N) is 1. The Bertz CT molecular complexity index is 652. The third-order valence-corrected chi connectivity index (χ3v) is 4.58. The van der Waals surface area contributed by atoms with Crippen molar-refractivity contribution in [3.05, 3.63) is 29.1 Å². The van der Waals surface area contributed by atoms with Crippen molar-refractivity contribution in [2.24, 2.45) is 11.1 Å². The summed E-state index contributed by atoms with van der Waals surface area (Å²) in [6.07, 6.45) is 1.70. The van der Waals surface area contributed by atoms with Gasteiger partial charge in [-0.05, 0) is 43.4 Å². The molecule has 2 rings (SSSR count). The molecule has 1 aliphatic carbocycles. The minimum atomic E-state index is -3.98. The maximum atomic E-state index is 13.8. The van der Waals surface area contributed by atoms with E-state index in [9.17, 15) is 17.6 Å². The van der Waals surface area contributed by atoms with Crippen LogP contribution in [0.25, 0.3) is 0 Å². The second-order valence-electron chi connectivity index (χ2n) is 5.39. The largest absolute Gasteiger partial charge is 0.349 e. The minimum absolute atomic E-state index is 0.0242. The second kappa shape index (κ2) is 5.14. The van der Waals surface area contributed by atoms with E-state index < -0.39 is 21.7 Å². The van der Waals surface area contributed by atoms with Crippen molar-refractivity contribution in [1.82, 2.24) is 5.32 Å². The molecule has 1 aromatic carbocycles. The number of carbonyl (C=O) groups excluding carboxylic acids is 1. The Labute approximate surface area is 117 Å². The molecule has 0 aliphatic heterocycles. The van der Waals surface area contributed by atoms with E-state index in [2.05, 4.69) is 12.2 Å². The molecular formula is C13H17FN2O3S. The van der Waals surface area contributed by atoms with Gasteiger partial charge in [-0.25, -0.2) is 17.9 Å². The summed E-state index contributed by atoms with van der Waals surface area (Å²) in [5, 5.41) is 7.74. The molecule has 0 unspecified atom stereocenters. The van der Waals surface area contributed by atoms with Gasteiger partial charge in [-0.2, -0.15) is 0 Å². The van der Waals surface area contributed by atoms with Crippen molar-refractivity contribution in [1.29, 1.82) is 0 Å². The molecule has 0 aromatic heterocycles. The van der Waals surface area contributed by atoms with E-state index in [-0.39, 0.29) is 22.1 Å². The Morgan fingerprint density at radius 2 is 2.00 bits per heavy atom. The molecule has 1 amide bonds. The molecule has 1 fully saturated rings. The highest BCUT2D eigenvalue weighted by Crippen LogP contribution is 2.27. The lowest BCUT2D eigenvalue weighted by atomic mass is 9.82. The summed E-state index contributed by atoms with van der Waals surface area (Å²) in [6.45, 7) is 3.49. The molecular weight excluding hydrogens is 283 g/mol. The summed E-state index contributed by atoms with van der Waals surface area (Å²) < 4.78 is 36.6. The highest BCUT2D eigenvalue weighted by atomic mass is 32.2. The van der Waals surface area contributed by atoms with Crippen LogP contribution >= 0.6 is 0 Å². The molecule has 7 heteroatoms. The number of aryl methyl sites for hydroxylation is 1. The standard InChI is InChI=1S/C13H17FN2O3S/c1-7-3-9(4-7)16-13(17)10-6-12(20(15,18)19)8(2)5-11(10)14/h5-7,9H,3-4H2,1-2H3,(H,16,17)(H2,15,18,19). The van der Waals surface area contributed by atoms with Crippen LogP contribution in [0.5, 0.6) is 0 Å². The van der Waals surface area contributed by atoms with Gasteiger partial charge in [-0.3, -0.25) is 4.79 Å². The van der Waals surface area contributed by atoms with E-state index in [4.69, 9.17) is 5.14 Å². The van der Waals surface area contributed by atoms with E-state index in [1.54, 1.807) is 0 Å². The number of benzene rings is 1. The van der Waals surface area contributed by atoms with Crippen molar-refractivity contribution in [2.45, 2.75) is 37.6 Å². The van der Waals surface area contributed by atoms with Crippen LogP contribution in [0.1, 0.15) is 35.7 Å². The Hall–Kier alpha value is -1.47. The molecule has 3 N–H and O–H groups in total. The first-order valence-electron chi connectivity index (χ1n) is 6.32. The average molecular weight is 300 g/mol. The van der Waals surface area contributed by atoms with E-state index in [0.29, 0.717) is 5.92 Å². The Morgan fingerprint density at radius 1 is 1.40 bits per heavy atom. The molecule has 110 valence electrons. The number of rotatable bonds is 3. The summed E-state index contributed by atoms with van der Waals surface area (Å²) in [4.78, 5) is 11.7. The first-order valence-corrected chi connectivity index (χ1v) is 7.87. The Kier molecular flexibility index (Phi) is 3.84. The van der Waals surface area contributed by atoms with Crippen molar-refractivity contribution in [2.75, 3.05) is 0 Å². The molecule has 0 heterocycles. The fourth-order valence-corrected chi connectivity index (χ4v) is 3.21. The number of nitrogens with one attached hydrogen (secondary N) is 1. The van der Waals surface area contributed by atoms with Crippen LogP contribution in [0, 0.1) is 18.7 Å². The SMILES string of the molecule is Cc1cc(F)c(C(=O)NC2CC(C)C2)cc1S(N)(=O)=O. The number of sulfonamides is 1. The lowest BCUT2D eigenvalue weighted by Crippen LogP contribution is -2.43. The fraction of sp³-hybridized carbons (Fsp3) is 0.462. The maximum absolute atomic E-state index is 13.8. The summed E-state index contributed by atoms with van der Waals surface area (Å²) in [7, 11) is -3.98. The predicted octanol–water partition coefficient (Wildman–Crippen LogP) is 1.31. The Balaban J connectivity index is 2.29. The number of primary sulfonamides is 1. The molecule has 0 saturated heterocycles. The van der Waals surface area contributed by atoms with Crippen LogP contribution in [-0.4, -0.2) is 20.4 Å². The number of halogens is 1. The highest BCUT2D eigenvalue weighted by Gasteiger charge is 2.28. The molecule has 0 spiro atoms. The molecule has 0 atom stereocenters. The first kappa shape index (κ1) is 14.9. The summed E-state index contributed by atoms with van der Waals surface area (Å²) >= 11 is 0. The number of carbonyl (C=O) groups is 1. The topological polar surface area (TPSA) is 89.3 Å².